The zero-order valence-corrected chi connectivity index (χ0v) is 12.5. The Morgan fingerprint density at radius 3 is 2.33 bits per heavy atom. The lowest BCUT2D eigenvalue weighted by Gasteiger charge is -2.12. The number of aliphatic hydroxyl groups is 1. The van der Waals surface area contributed by atoms with Crippen LogP contribution in [0.4, 0.5) is 0 Å². The van der Waals surface area contributed by atoms with Crippen molar-refractivity contribution in [2.75, 3.05) is 0 Å². The van der Waals surface area contributed by atoms with Crippen LogP contribution in [0.2, 0.25) is 10.0 Å². The minimum atomic E-state index is -0.572. The van der Waals surface area contributed by atoms with Crippen molar-refractivity contribution >= 4 is 39.1 Å². The molecule has 0 amide bonds. The molecule has 0 fully saturated rings. The molecule has 94 valence electrons. The largest absolute Gasteiger partial charge is 0.388 e. The molecule has 0 saturated carbocycles. The Balaban J connectivity index is 2.13. The van der Waals surface area contributed by atoms with E-state index in [1.807, 2.05) is 36.4 Å². The molecule has 1 N–H and O–H groups in total. The van der Waals surface area contributed by atoms with E-state index < -0.39 is 6.10 Å². The summed E-state index contributed by atoms with van der Waals surface area (Å²) in [5.74, 6) is 0. The first kappa shape index (κ1) is 13.9. The predicted molar refractivity (Wildman–Crippen MR) is 79.3 cm³/mol. The number of halogens is 3. The predicted octanol–water partition coefficient (Wildman–Crippen LogP) is 5.03. The Labute approximate surface area is 124 Å². The zero-order valence-electron chi connectivity index (χ0n) is 9.41. The van der Waals surface area contributed by atoms with Gasteiger partial charge in [-0.1, -0.05) is 41.4 Å². The smallest absolute Gasteiger partial charge is 0.0830 e. The first-order chi connectivity index (χ1) is 8.56. The molecule has 2 rings (SSSR count). The van der Waals surface area contributed by atoms with Gasteiger partial charge in [0.05, 0.1) is 11.1 Å². The summed E-state index contributed by atoms with van der Waals surface area (Å²) in [6.07, 6.45) is -0.0356. The van der Waals surface area contributed by atoms with E-state index in [1.165, 1.54) is 0 Å². The third-order valence-corrected chi connectivity index (χ3v) is 4.16. The second-order valence-corrected chi connectivity index (χ2v) is 5.72. The van der Waals surface area contributed by atoms with Crippen LogP contribution in [0.15, 0.2) is 46.9 Å². The van der Waals surface area contributed by atoms with Gasteiger partial charge in [0.25, 0.3) is 0 Å². The van der Waals surface area contributed by atoms with Gasteiger partial charge in [0.1, 0.15) is 0 Å². The quantitative estimate of drug-likeness (QED) is 0.826. The number of hydrogen-bond acceptors (Lipinski definition) is 1. The first-order valence-corrected chi connectivity index (χ1v) is 6.98. The molecule has 0 radical (unpaired) electrons. The molecule has 0 aromatic heterocycles. The Bertz CT molecular complexity index is 540. The van der Waals surface area contributed by atoms with Gasteiger partial charge in [-0.05, 0) is 51.3 Å². The highest BCUT2D eigenvalue weighted by Gasteiger charge is 2.10. The Hall–Kier alpha value is -0.540. The van der Waals surface area contributed by atoms with Crippen LogP contribution in [0, 0.1) is 0 Å². The lowest BCUT2D eigenvalue weighted by Crippen LogP contribution is -2.01. The van der Waals surface area contributed by atoms with E-state index in [0.717, 1.165) is 15.6 Å². The molecule has 0 aliphatic carbocycles. The van der Waals surface area contributed by atoms with E-state index in [1.54, 1.807) is 6.07 Å². The van der Waals surface area contributed by atoms with E-state index in [2.05, 4.69) is 15.9 Å². The second kappa shape index (κ2) is 6.07. The minimum absolute atomic E-state index is 0.537. The van der Waals surface area contributed by atoms with Crippen LogP contribution in [0.3, 0.4) is 0 Å². The molecule has 0 aliphatic heterocycles. The van der Waals surface area contributed by atoms with E-state index in [4.69, 9.17) is 23.2 Å². The molecule has 0 heterocycles. The van der Waals surface area contributed by atoms with Gasteiger partial charge < -0.3 is 5.11 Å². The van der Waals surface area contributed by atoms with E-state index >= 15 is 0 Å². The third kappa shape index (κ3) is 3.48. The van der Waals surface area contributed by atoms with Gasteiger partial charge in [0, 0.05) is 15.9 Å². The Kier molecular flexibility index (Phi) is 4.68. The fourth-order valence-electron chi connectivity index (χ4n) is 1.68. The number of aliphatic hydroxyl groups excluding tert-OH is 1. The van der Waals surface area contributed by atoms with E-state index in [-0.39, 0.29) is 0 Å². The summed E-state index contributed by atoms with van der Waals surface area (Å²) in [4.78, 5) is 0. The SMILES string of the molecule is OC(Cc1ccc(Cl)cc1)c1ccc(Br)c(Cl)c1. The number of hydrogen-bond donors (Lipinski definition) is 1. The summed E-state index contributed by atoms with van der Waals surface area (Å²) in [6, 6.07) is 12.9. The van der Waals surface area contributed by atoms with Gasteiger partial charge in [-0.2, -0.15) is 0 Å². The molecular formula is C14H11BrCl2O. The maximum absolute atomic E-state index is 10.2. The fraction of sp³-hybridized carbons (Fsp3) is 0.143. The highest BCUT2D eigenvalue weighted by molar-refractivity contribution is 9.10. The highest BCUT2D eigenvalue weighted by atomic mass is 79.9. The van der Waals surface area contributed by atoms with Gasteiger partial charge in [-0.15, -0.1) is 0 Å². The molecular weight excluding hydrogens is 335 g/mol. The van der Waals surface area contributed by atoms with Crippen molar-refractivity contribution in [3.63, 3.8) is 0 Å². The third-order valence-electron chi connectivity index (χ3n) is 2.67. The van der Waals surface area contributed by atoms with Gasteiger partial charge in [0.15, 0.2) is 0 Å². The van der Waals surface area contributed by atoms with Gasteiger partial charge in [0.2, 0.25) is 0 Å². The maximum Gasteiger partial charge on any atom is 0.0830 e. The van der Waals surface area contributed by atoms with Crippen LogP contribution in [0.1, 0.15) is 17.2 Å². The molecule has 1 nitrogen and oxygen atoms in total. The summed E-state index contributed by atoms with van der Waals surface area (Å²) >= 11 is 15.1. The van der Waals surface area contributed by atoms with Crippen molar-refractivity contribution in [2.24, 2.45) is 0 Å². The van der Waals surface area contributed by atoms with Crippen LogP contribution in [-0.2, 0) is 6.42 Å². The Morgan fingerprint density at radius 2 is 1.72 bits per heavy atom. The summed E-state index contributed by atoms with van der Waals surface area (Å²) in [7, 11) is 0. The number of benzene rings is 2. The minimum Gasteiger partial charge on any atom is -0.388 e. The van der Waals surface area contributed by atoms with Crippen molar-refractivity contribution in [1.82, 2.24) is 0 Å². The van der Waals surface area contributed by atoms with E-state index in [0.29, 0.717) is 16.5 Å². The van der Waals surface area contributed by atoms with Crippen molar-refractivity contribution in [2.45, 2.75) is 12.5 Å². The molecule has 0 saturated heterocycles. The molecule has 0 spiro atoms. The summed E-state index contributed by atoms with van der Waals surface area (Å²) in [5, 5.41) is 11.4. The average molecular weight is 346 g/mol. The summed E-state index contributed by atoms with van der Waals surface area (Å²) in [5.41, 5.74) is 1.84. The molecule has 1 atom stereocenters. The van der Waals surface area contributed by atoms with Gasteiger partial charge >= 0.3 is 0 Å². The topological polar surface area (TPSA) is 20.2 Å². The highest BCUT2D eigenvalue weighted by Crippen LogP contribution is 2.27. The molecule has 2 aromatic carbocycles. The number of rotatable bonds is 3. The standard InChI is InChI=1S/C14H11BrCl2O/c15-12-6-3-10(8-13(12)17)14(18)7-9-1-4-11(16)5-2-9/h1-6,8,14,18H,7H2. The van der Waals surface area contributed by atoms with E-state index in [9.17, 15) is 5.11 Å². The molecule has 1 unspecified atom stereocenters. The second-order valence-electron chi connectivity index (χ2n) is 4.02. The average Bonchev–Trinajstić information content (AvgIpc) is 2.35. The summed E-state index contributed by atoms with van der Waals surface area (Å²) < 4.78 is 0.826. The van der Waals surface area contributed by atoms with Crippen molar-refractivity contribution < 1.29 is 5.11 Å². The summed E-state index contributed by atoms with van der Waals surface area (Å²) in [6.45, 7) is 0. The maximum atomic E-state index is 10.2. The van der Waals surface area contributed by atoms with Crippen LogP contribution in [0.25, 0.3) is 0 Å². The van der Waals surface area contributed by atoms with Crippen LogP contribution in [0.5, 0.6) is 0 Å². The first-order valence-electron chi connectivity index (χ1n) is 5.44. The fourth-order valence-corrected chi connectivity index (χ4v) is 2.24. The molecule has 0 bridgehead atoms. The molecule has 18 heavy (non-hydrogen) atoms. The Morgan fingerprint density at radius 1 is 1.06 bits per heavy atom. The molecule has 2 aromatic rings. The lowest BCUT2D eigenvalue weighted by molar-refractivity contribution is 0.178. The lowest BCUT2D eigenvalue weighted by atomic mass is 10.0. The van der Waals surface area contributed by atoms with Crippen LogP contribution in [-0.4, -0.2) is 5.11 Å². The monoisotopic (exact) mass is 344 g/mol. The van der Waals surface area contributed by atoms with Crippen LogP contribution >= 0.6 is 39.1 Å². The van der Waals surface area contributed by atoms with Crippen LogP contribution < -0.4 is 0 Å². The molecule has 4 heteroatoms. The van der Waals surface area contributed by atoms with Gasteiger partial charge in [-0.3, -0.25) is 0 Å². The van der Waals surface area contributed by atoms with Crippen molar-refractivity contribution in [1.29, 1.82) is 0 Å². The zero-order chi connectivity index (χ0) is 13.1. The molecule has 0 aliphatic rings. The van der Waals surface area contributed by atoms with Crippen molar-refractivity contribution in [3.05, 3.63) is 68.1 Å². The van der Waals surface area contributed by atoms with Gasteiger partial charge in [-0.25, -0.2) is 0 Å². The normalized spacial score (nSPS) is 12.4. The van der Waals surface area contributed by atoms with Crippen molar-refractivity contribution in [3.8, 4) is 0 Å².